The molecule has 0 aliphatic carbocycles. The number of carbonyl (C=O) groups is 1. The van der Waals surface area contributed by atoms with Gasteiger partial charge in [-0.2, -0.15) is 26.3 Å². The van der Waals surface area contributed by atoms with Crippen molar-refractivity contribution in [2.24, 2.45) is 0 Å². The van der Waals surface area contributed by atoms with Crippen LogP contribution in [0.2, 0.25) is 0 Å². The summed E-state index contributed by atoms with van der Waals surface area (Å²) in [7, 11) is 1.32. The van der Waals surface area contributed by atoms with Crippen molar-refractivity contribution in [3.8, 4) is 11.5 Å². The van der Waals surface area contributed by atoms with Gasteiger partial charge in [0.05, 0.1) is 30.5 Å². The first-order chi connectivity index (χ1) is 19.3. The van der Waals surface area contributed by atoms with Crippen molar-refractivity contribution in [2.45, 2.75) is 32.4 Å². The summed E-state index contributed by atoms with van der Waals surface area (Å²) in [6.45, 7) is 1.61. The number of carbonyl (C=O) groups excluding carboxylic acids is 1. The van der Waals surface area contributed by atoms with E-state index < -0.39 is 35.6 Å². The molecule has 0 radical (unpaired) electrons. The highest BCUT2D eigenvalue weighted by Crippen LogP contribution is 2.38. The molecular formula is C29H25F6N3O3. The predicted octanol–water partition coefficient (Wildman–Crippen LogP) is 7.59. The molecule has 1 aliphatic rings. The molecule has 2 amide bonds. The molecule has 3 aromatic carbocycles. The topological polar surface area (TPSA) is 65.9 Å². The van der Waals surface area contributed by atoms with Gasteiger partial charge < -0.3 is 9.47 Å². The molecule has 12 heteroatoms. The first kappa shape index (κ1) is 29.5. The molecule has 1 N–H and O–H groups in total. The van der Waals surface area contributed by atoms with Crippen molar-refractivity contribution >= 4 is 17.9 Å². The quantitative estimate of drug-likeness (QED) is 0.281. The lowest BCUT2D eigenvalue weighted by Gasteiger charge is -2.18. The second kappa shape index (κ2) is 11.6. The predicted molar refractivity (Wildman–Crippen MR) is 139 cm³/mol. The third kappa shape index (κ3) is 6.47. The van der Waals surface area contributed by atoms with E-state index in [1.54, 1.807) is 19.1 Å². The number of hydrogen-bond donors (Lipinski definition) is 1. The average molecular weight is 578 g/mol. The number of halogens is 6. The second-order valence-corrected chi connectivity index (χ2v) is 9.04. The molecule has 0 aromatic heterocycles. The number of urea groups is 1. The molecule has 1 saturated heterocycles. The van der Waals surface area contributed by atoms with Crippen LogP contribution in [-0.4, -0.2) is 35.3 Å². The van der Waals surface area contributed by atoms with Gasteiger partial charge in [-0.3, -0.25) is 15.2 Å². The van der Waals surface area contributed by atoms with Gasteiger partial charge in [0.1, 0.15) is 6.61 Å². The fourth-order valence-corrected chi connectivity index (χ4v) is 4.32. The fraction of sp³-hybridized carbons (Fsp3) is 0.241. The van der Waals surface area contributed by atoms with Crippen LogP contribution in [0.4, 0.5) is 31.1 Å². The van der Waals surface area contributed by atoms with Crippen molar-refractivity contribution in [1.29, 1.82) is 5.41 Å². The van der Waals surface area contributed by atoms with E-state index in [1.807, 2.05) is 30.3 Å². The standard InChI is InChI=1S/C29H25F6N3O3/c1-3-37-26(36)23(38(27(37)39)16-18-7-5-4-6-8-18)13-19-9-12-24(25(14-19)40-2)41-17-20-10-11-21(28(30,31)32)15-22(20)29(33,34)35/h4-15,36H,3,16-17H2,1-2H3. The number of ether oxygens (including phenoxy) is 2. The van der Waals surface area contributed by atoms with E-state index in [9.17, 15) is 31.1 Å². The minimum atomic E-state index is -5.03. The normalized spacial score (nSPS) is 15.2. The number of nitrogens with zero attached hydrogens (tertiary/aromatic N) is 2. The van der Waals surface area contributed by atoms with Gasteiger partial charge in [-0.15, -0.1) is 0 Å². The highest BCUT2D eigenvalue weighted by molar-refractivity contribution is 6.15. The summed E-state index contributed by atoms with van der Waals surface area (Å²) in [5.41, 5.74) is -1.62. The van der Waals surface area contributed by atoms with Gasteiger partial charge >= 0.3 is 18.4 Å². The second-order valence-electron chi connectivity index (χ2n) is 9.04. The van der Waals surface area contributed by atoms with Crippen LogP contribution in [0.25, 0.3) is 6.08 Å². The molecule has 3 aromatic rings. The van der Waals surface area contributed by atoms with Crippen molar-refractivity contribution in [3.63, 3.8) is 0 Å². The van der Waals surface area contributed by atoms with Gasteiger partial charge in [0, 0.05) is 12.1 Å². The van der Waals surface area contributed by atoms with Crippen LogP contribution in [0.1, 0.15) is 34.7 Å². The first-order valence-corrected chi connectivity index (χ1v) is 12.3. The van der Waals surface area contributed by atoms with Gasteiger partial charge in [0.2, 0.25) is 0 Å². The van der Waals surface area contributed by atoms with Crippen LogP contribution in [0, 0.1) is 5.41 Å². The molecule has 0 spiro atoms. The maximum Gasteiger partial charge on any atom is 0.416 e. The summed E-state index contributed by atoms with van der Waals surface area (Å²) >= 11 is 0. The molecule has 0 saturated carbocycles. The van der Waals surface area contributed by atoms with Crippen LogP contribution >= 0.6 is 0 Å². The highest BCUT2D eigenvalue weighted by atomic mass is 19.4. The monoisotopic (exact) mass is 577 g/mol. The molecule has 1 heterocycles. The Hall–Kier alpha value is -4.48. The SMILES string of the molecule is CCN1C(=N)C(=Cc2ccc(OCc3ccc(C(F)(F)F)cc3C(F)(F)F)c(OC)c2)N(Cc2ccccc2)C1=O. The van der Waals surface area contributed by atoms with Crippen LogP contribution in [0.3, 0.4) is 0 Å². The molecule has 216 valence electrons. The number of methoxy groups -OCH3 is 1. The van der Waals surface area contributed by atoms with Crippen molar-refractivity contribution in [1.82, 2.24) is 9.80 Å². The average Bonchev–Trinajstić information content (AvgIpc) is 3.14. The number of amidine groups is 1. The van der Waals surface area contributed by atoms with Crippen LogP contribution in [0.5, 0.6) is 11.5 Å². The number of rotatable bonds is 8. The minimum absolute atomic E-state index is 0.00899. The van der Waals surface area contributed by atoms with Crippen molar-refractivity contribution in [3.05, 3.63) is 100 Å². The summed E-state index contributed by atoms with van der Waals surface area (Å²) in [6, 6.07) is 14.8. The van der Waals surface area contributed by atoms with E-state index in [0.29, 0.717) is 23.9 Å². The Bertz CT molecular complexity index is 1470. The zero-order chi connectivity index (χ0) is 29.9. The minimum Gasteiger partial charge on any atom is -0.493 e. The van der Waals surface area contributed by atoms with Crippen molar-refractivity contribution in [2.75, 3.05) is 13.7 Å². The van der Waals surface area contributed by atoms with E-state index in [2.05, 4.69) is 0 Å². The number of benzene rings is 3. The van der Waals surface area contributed by atoms with E-state index in [1.165, 1.54) is 29.0 Å². The zero-order valence-electron chi connectivity index (χ0n) is 21.9. The molecule has 41 heavy (non-hydrogen) atoms. The molecule has 0 atom stereocenters. The Morgan fingerprint density at radius 1 is 0.878 bits per heavy atom. The lowest BCUT2D eigenvalue weighted by Crippen LogP contribution is -2.32. The number of likely N-dealkylation sites (N-methyl/N-ethyl adjacent to an activating group) is 1. The Kier molecular flexibility index (Phi) is 8.32. The Labute approximate surface area is 231 Å². The summed E-state index contributed by atoms with van der Waals surface area (Å²) in [5.74, 6) is 0.198. The fourth-order valence-electron chi connectivity index (χ4n) is 4.32. The van der Waals surface area contributed by atoms with E-state index in [0.717, 1.165) is 11.6 Å². The number of alkyl halides is 6. The van der Waals surface area contributed by atoms with E-state index in [-0.39, 0.29) is 36.0 Å². The molecule has 0 unspecified atom stereocenters. The maximum atomic E-state index is 13.5. The Balaban J connectivity index is 1.61. The lowest BCUT2D eigenvalue weighted by atomic mass is 10.0. The number of nitrogens with one attached hydrogen (secondary N) is 1. The lowest BCUT2D eigenvalue weighted by molar-refractivity contribution is -0.143. The number of amides is 2. The van der Waals surface area contributed by atoms with Gasteiger partial charge in [-0.25, -0.2) is 4.79 Å². The molecular weight excluding hydrogens is 552 g/mol. The molecule has 4 rings (SSSR count). The number of hydrogen-bond acceptors (Lipinski definition) is 4. The van der Waals surface area contributed by atoms with Crippen LogP contribution in [0.15, 0.2) is 72.4 Å². The molecule has 1 aliphatic heterocycles. The van der Waals surface area contributed by atoms with Crippen LogP contribution < -0.4 is 9.47 Å². The van der Waals surface area contributed by atoms with E-state index in [4.69, 9.17) is 14.9 Å². The first-order valence-electron chi connectivity index (χ1n) is 12.3. The van der Waals surface area contributed by atoms with Gasteiger partial charge in [0.15, 0.2) is 17.3 Å². The Morgan fingerprint density at radius 2 is 1.59 bits per heavy atom. The largest absolute Gasteiger partial charge is 0.493 e. The molecule has 1 fully saturated rings. The van der Waals surface area contributed by atoms with Gasteiger partial charge in [0.25, 0.3) is 0 Å². The van der Waals surface area contributed by atoms with Crippen molar-refractivity contribution < 1.29 is 40.6 Å². The summed E-state index contributed by atoms with van der Waals surface area (Å²) in [5, 5.41) is 8.54. The third-order valence-electron chi connectivity index (χ3n) is 6.38. The summed E-state index contributed by atoms with van der Waals surface area (Å²) in [6.07, 6.45) is -8.35. The van der Waals surface area contributed by atoms with Crippen LogP contribution in [-0.2, 0) is 25.5 Å². The van der Waals surface area contributed by atoms with Gasteiger partial charge in [-0.05, 0) is 48.4 Å². The van der Waals surface area contributed by atoms with E-state index >= 15 is 0 Å². The Morgan fingerprint density at radius 3 is 2.20 bits per heavy atom. The van der Waals surface area contributed by atoms with Gasteiger partial charge in [-0.1, -0.05) is 42.5 Å². The zero-order valence-corrected chi connectivity index (χ0v) is 21.9. The molecule has 0 bridgehead atoms. The molecule has 6 nitrogen and oxygen atoms in total. The summed E-state index contributed by atoms with van der Waals surface area (Å²) in [4.78, 5) is 15.8. The third-order valence-corrected chi connectivity index (χ3v) is 6.38. The summed E-state index contributed by atoms with van der Waals surface area (Å²) < 4.78 is 90.4. The smallest absolute Gasteiger partial charge is 0.416 e. The maximum absolute atomic E-state index is 13.5. The highest BCUT2D eigenvalue weighted by Gasteiger charge is 2.39.